The minimum atomic E-state index is -0.122. The second kappa shape index (κ2) is 5.87. The minimum absolute atomic E-state index is 0.122. The Kier molecular flexibility index (Phi) is 3.97. The van der Waals surface area contributed by atoms with Gasteiger partial charge in [-0.25, -0.2) is 0 Å². The molecule has 1 amide bonds. The van der Waals surface area contributed by atoms with Gasteiger partial charge in [-0.1, -0.05) is 36.4 Å². The second-order valence-electron chi connectivity index (χ2n) is 3.94. The van der Waals surface area contributed by atoms with E-state index in [4.69, 9.17) is 4.42 Å². The van der Waals surface area contributed by atoms with Gasteiger partial charge in [-0.3, -0.25) is 4.79 Å². The van der Waals surface area contributed by atoms with E-state index in [0.29, 0.717) is 18.8 Å². The lowest BCUT2D eigenvalue weighted by atomic mass is 10.2. The number of carbonyl (C=O) groups is 1. The van der Waals surface area contributed by atoms with Crippen molar-refractivity contribution in [3.63, 3.8) is 0 Å². The number of hydrogen-bond acceptors (Lipinski definition) is 2. The Hall–Kier alpha value is -2.29. The highest BCUT2D eigenvalue weighted by Gasteiger charge is 2.17. The molecule has 0 bridgehead atoms. The highest BCUT2D eigenvalue weighted by Crippen LogP contribution is 2.10. The largest absolute Gasteiger partial charge is 0.459 e. The third kappa shape index (κ3) is 2.88. The van der Waals surface area contributed by atoms with Crippen LogP contribution in [0, 0.1) is 0 Å². The van der Waals surface area contributed by atoms with Crippen molar-refractivity contribution in [2.24, 2.45) is 0 Å². The summed E-state index contributed by atoms with van der Waals surface area (Å²) in [5.74, 6) is 0.233. The summed E-state index contributed by atoms with van der Waals surface area (Å²) >= 11 is 0. The van der Waals surface area contributed by atoms with E-state index in [-0.39, 0.29) is 5.91 Å². The van der Waals surface area contributed by atoms with Crippen LogP contribution in [0.15, 0.2) is 65.8 Å². The molecule has 0 atom stereocenters. The summed E-state index contributed by atoms with van der Waals surface area (Å²) in [6.45, 7) is 4.72. The zero-order valence-electron chi connectivity index (χ0n) is 10.1. The van der Waals surface area contributed by atoms with Crippen LogP contribution in [0.5, 0.6) is 0 Å². The lowest BCUT2D eigenvalue weighted by Gasteiger charge is -2.19. The molecule has 0 aliphatic carbocycles. The number of benzene rings is 1. The minimum Gasteiger partial charge on any atom is -0.459 e. The Balaban J connectivity index is 2.13. The monoisotopic (exact) mass is 241 g/mol. The fourth-order valence-electron chi connectivity index (χ4n) is 1.73. The van der Waals surface area contributed by atoms with Crippen molar-refractivity contribution in [1.29, 1.82) is 0 Å². The van der Waals surface area contributed by atoms with E-state index < -0.39 is 0 Å². The molecule has 1 heterocycles. The smallest absolute Gasteiger partial charge is 0.290 e. The Bertz CT molecular complexity index is 503. The molecule has 92 valence electrons. The average Bonchev–Trinajstić information content (AvgIpc) is 2.92. The molecule has 0 radical (unpaired) electrons. The van der Waals surface area contributed by atoms with Crippen molar-refractivity contribution in [3.8, 4) is 0 Å². The molecule has 18 heavy (non-hydrogen) atoms. The van der Waals surface area contributed by atoms with Crippen molar-refractivity contribution >= 4 is 5.91 Å². The fourth-order valence-corrected chi connectivity index (χ4v) is 1.73. The van der Waals surface area contributed by atoms with Gasteiger partial charge >= 0.3 is 0 Å². The van der Waals surface area contributed by atoms with Crippen LogP contribution in [0.3, 0.4) is 0 Å². The maximum Gasteiger partial charge on any atom is 0.290 e. The molecule has 1 aromatic heterocycles. The van der Waals surface area contributed by atoms with Crippen LogP contribution in [0.1, 0.15) is 16.1 Å². The molecule has 0 aliphatic rings. The topological polar surface area (TPSA) is 33.5 Å². The van der Waals surface area contributed by atoms with Gasteiger partial charge in [-0.15, -0.1) is 6.58 Å². The van der Waals surface area contributed by atoms with Crippen molar-refractivity contribution < 1.29 is 9.21 Å². The van der Waals surface area contributed by atoms with Crippen LogP contribution >= 0.6 is 0 Å². The SMILES string of the molecule is C=CCN(Cc1ccccc1)C(=O)c1ccco1. The number of furan rings is 1. The summed E-state index contributed by atoms with van der Waals surface area (Å²) < 4.78 is 5.13. The van der Waals surface area contributed by atoms with Crippen molar-refractivity contribution in [2.45, 2.75) is 6.54 Å². The molecular weight excluding hydrogens is 226 g/mol. The highest BCUT2D eigenvalue weighted by atomic mass is 16.3. The maximum absolute atomic E-state index is 12.2. The first kappa shape index (κ1) is 12.2. The van der Waals surface area contributed by atoms with Gasteiger partial charge < -0.3 is 9.32 Å². The first-order valence-corrected chi connectivity index (χ1v) is 5.79. The molecule has 0 saturated heterocycles. The van der Waals surface area contributed by atoms with E-state index in [1.54, 1.807) is 23.1 Å². The van der Waals surface area contributed by atoms with Crippen LogP contribution in [0.2, 0.25) is 0 Å². The van der Waals surface area contributed by atoms with Gasteiger partial charge in [0.1, 0.15) is 0 Å². The maximum atomic E-state index is 12.2. The zero-order valence-corrected chi connectivity index (χ0v) is 10.1. The van der Waals surface area contributed by atoms with E-state index >= 15 is 0 Å². The van der Waals surface area contributed by atoms with Gasteiger partial charge in [-0.05, 0) is 17.7 Å². The first-order valence-electron chi connectivity index (χ1n) is 5.79. The predicted molar refractivity (Wildman–Crippen MR) is 70.1 cm³/mol. The van der Waals surface area contributed by atoms with Gasteiger partial charge in [-0.2, -0.15) is 0 Å². The lowest BCUT2D eigenvalue weighted by Crippen LogP contribution is -2.30. The van der Waals surface area contributed by atoms with E-state index in [0.717, 1.165) is 5.56 Å². The molecule has 0 saturated carbocycles. The van der Waals surface area contributed by atoms with E-state index in [9.17, 15) is 4.79 Å². The average molecular weight is 241 g/mol. The van der Waals surface area contributed by atoms with Gasteiger partial charge in [0.15, 0.2) is 5.76 Å². The first-order chi connectivity index (χ1) is 8.81. The quantitative estimate of drug-likeness (QED) is 0.754. The molecule has 0 unspecified atom stereocenters. The summed E-state index contributed by atoms with van der Waals surface area (Å²) in [4.78, 5) is 13.9. The van der Waals surface area contributed by atoms with Gasteiger partial charge in [0.25, 0.3) is 5.91 Å². The summed E-state index contributed by atoms with van der Waals surface area (Å²) in [6, 6.07) is 13.2. The third-order valence-corrected chi connectivity index (χ3v) is 2.58. The lowest BCUT2D eigenvalue weighted by molar-refractivity contribution is 0.0730. The number of nitrogens with zero attached hydrogens (tertiary/aromatic N) is 1. The van der Waals surface area contributed by atoms with E-state index in [1.165, 1.54) is 6.26 Å². The van der Waals surface area contributed by atoms with Crippen LogP contribution < -0.4 is 0 Å². The summed E-state index contributed by atoms with van der Waals surface area (Å²) in [5.41, 5.74) is 1.08. The van der Waals surface area contributed by atoms with Crippen molar-refractivity contribution in [2.75, 3.05) is 6.54 Å². The van der Waals surface area contributed by atoms with Gasteiger partial charge in [0.05, 0.1) is 6.26 Å². The Morgan fingerprint density at radius 2 is 2.00 bits per heavy atom. The molecule has 2 rings (SSSR count). The molecule has 0 aliphatic heterocycles. The Labute approximate surface area is 106 Å². The molecule has 3 heteroatoms. The summed E-state index contributed by atoms with van der Waals surface area (Å²) in [5, 5.41) is 0. The number of amides is 1. The number of rotatable bonds is 5. The summed E-state index contributed by atoms with van der Waals surface area (Å²) in [7, 11) is 0. The van der Waals surface area contributed by atoms with Gasteiger partial charge in [0.2, 0.25) is 0 Å². The van der Waals surface area contributed by atoms with Crippen LogP contribution in [0.4, 0.5) is 0 Å². The van der Waals surface area contributed by atoms with Crippen molar-refractivity contribution in [1.82, 2.24) is 4.90 Å². The second-order valence-corrected chi connectivity index (χ2v) is 3.94. The Morgan fingerprint density at radius 1 is 1.22 bits per heavy atom. The van der Waals surface area contributed by atoms with Gasteiger partial charge in [0, 0.05) is 13.1 Å². The predicted octanol–water partition coefficient (Wildman–Crippen LogP) is 3.11. The molecule has 2 aromatic rings. The number of hydrogen-bond donors (Lipinski definition) is 0. The zero-order chi connectivity index (χ0) is 12.8. The third-order valence-electron chi connectivity index (χ3n) is 2.58. The molecule has 1 aromatic carbocycles. The number of carbonyl (C=O) groups excluding carboxylic acids is 1. The highest BCUT2D eigenvalue weighted by molar-refractivity contribution is 5.91. The fraction of sp³-hybridized carbons (Fsp3) is 0.133. The van der Waals surface area contributed by atoms with Crippen LogP contribution in [-0.4, -0.2) is 17.4 Å². The summed E-state index contributed by atoms with van der Waals surface area (Å²) in [6.07, 6.45) is 3.21. The van der Waals surface area contributed by atoms with Crippen LogP contribution in [-0.2, 0) is 6.54 Å². The molecule has 0 fully saturated rings. The molecule has 3 nitrogen and oxygen atoms in total. The Morgan fingerprint density at radius 3 is 2.61 bits per heavy atom. The molecule has 0 spiro atoms. The van der Waals surface area contributed by atoms with Crippen LogP contribution in [0.25, 0.3) is 0 Å². The van der Waals surface area contributed by atoms with Crippen molar-refractivity contribution in [3.05, 3.63) is 72.7 Å². The molecular formula is C15H15NO2. The molecule has 0 N–H and O–H groups in total. The standard InChI is InChI=1S/C15H15NO2/c1-2-10-16(12-13-7-4-3-5-8-13)15(17)14-9-6-11-18-14/h2-9,11H,1,10,12H2. The van der Waals surface area contributed by atoms with E-state index in [2.05, 4.69) is 6.58 Å². The van der Waals surface area contributed by atoms with E-state index in [1.807, 2.05) is 30.3 Å². The normalized spacial score (nSPS) is 10.0.